The summed E-state index contributed by atoms with van der Waals surface area (Å²) in [7, 11) is 0. The van der Waals surface area contributed by atoms with E-state index in [1.807, 2.05) is 19.1 Å². The highest BCUT2D eigenvalue weighted by atomic mass is 79.9. The Balaban J connectivity index is 2.87. The third-order valence-electron chi connectivity index (χ3n) is 2.82. The van der Waals surface area contributed by atoms with Crippen LogP contribution < -0.4 is 5.32 Å². The lowest BCUT2D eigenvalue weighted by atomic mass is 9.93. The molecule has 0 amide bonds. The van der Waals surface area contributed by atoms with Gasteiger partial charge in [-0.05, 0) is 40.4 Å². The van der Waals surface area contributed by atoms with Crippen LogP contribution in [0.3, 0.4) is 0 Å². The van der Waals surface area contributed by atoms with Crippen LogP contribution in [-0.4, -0.2) is 12.1 Å². The second-order valence-corrected chi connectivity index (χ2v) is 5.40. The number of nitrogens with one attached hydrogen (secondary N) is 1. The quantitative estimate of drug-likeness (QED) is 0.880. The second-order valence-electron chi connectivity index (χ2n) is 4.54. The molecule has 0 aromatic heterocycles. The predicted octanol–water partition coefficient (Wildman–Crippen LogP) is 4.08. The fraction of sp³-hybridized carbons (Fsp3) is 0.538. The van der Waals surface area contributed by atoms with E-state index in [9.17, 15) is 4.39 Å². The Morgan fingerprint density at radius 1 is 1.19 bits per heavy atom. The molecule has 90 valence electrons. The Bertz CT molecular complexity index is 352. The zero-order chi connectivity index (χ0) is 12.3. The standard InChI is InChI=1S/C13H19BrFN/c1-8(2)16-10(4)9(3)11-6-5-7-12(14)13(11)15/h5-10,16H,1-4H3. The number of rotatable bonds is 4. The smallest absolute Gasteiger partial charge is 0.140 e. The van der Waals surface area contributed by atoms with Gasteiger partial charge in [0.05, 0.1) is 4.47 Å². The van der Waals surface area contributed by atoms with Gasteiger partial charge in [0.2, 0.25) is 0 Å². The van der Waals surface area contributed by atoms with E-state index in [0.29, 0.717) is 10.5 Å². The molecule has 16 heavy (non-hydrogen) atoms. The molecule has 0 aliphatic heterocycles. The molecule has 2 unspecified atom stereocenters. The summed E-state index contributed by atoms with van der Waals surface area (Å²) in [6.07, 6.45) is 0. The lowest BCUT2D eigenvalue weighted by Crippen LogP contribution is -2.36. The molecule has 0 saturated heterocycles. The van der Waals surface area contributed by atoms with Gasteiger partial charge >= 0.3 is 0 Å². The van der Waals surface area contributed by atoms with Crippen molar-refractivity contribution in [3.05, 3.63) is 34.1 Å². The van der Waals surface area contributed by atoms with E-state index in [2.05, 4.69) is 42.0 Å². The number of hydrogen-bond acceptors (Lipinski definition) is 1. The molecular formula is C13H19BrFN. The summed E-state index contributed by atoms with van der Waals surface area (Å²) in [6, 6.07) is 6.12. The van der Waals surface area contributed by atoms with E-state index in [1.165, 1.54) is 0 Å². The largest absolute Gasteiger partial charge is 0.311 e. The first-order valence-corrected chi connectivity index (χ1v) is 6.42. The summed E-state index contributed by atoms with van der Waals surface area (Å²) in [4.78, 5) is 0. The number of halogens is 2. The van der Waals surface area contributed by atoms with Crippen molar-refractivity contribution in [3.63, 3.8) is 0 Å². The monoisotopic (exact) mass is 287 g/mol. The summed E-state index contributed by atoms with van der Waals surface area (Å²) in [6.45, 7) is 8.33. The maximum Gasteiger partial charge on any atom is 0.140 e. The van der Waals surface area contributed by atoms with E-state index in [4.69, 9.17) is 0 Å². The minimum Gasteiger partial charge on any atom is -0.311 e. The van der Waals surface area contributed by atoms with Crippen LogP contribution in [0.5, 0.6) is 0 Å². The van der Waals surface area contributed by atoms with Gasteiger partial charge in [0, 0.05) is 12.1 Å². The van der Waals surface area contributed by atoms with Crippen LogP contribution in [0.1, 0.15) is 39.2 Å². The van der Waals surface area contributed by atoms with E-state index >= 15 is 0 Å². The molecule has 0 spiro atoms. The van der Waals surface area contributed by atoms with E-state index < -0.39 is 0 Å². The zero-order valence-electron chi connectivity index (χ0n) is 10.2. The fourth-order valence-corrected chi connectivity index (χ4v) is 2.19. The van der Waals surface area contributed by atoms with Crippen LogP contribution in [0.2, 0.25) is 0 Å². The first kappa shape index (κ1) is 13.7. The highest BCUT2D eigenvalue weighted by Gasteiger charge is 2.19. The minimum absolute atomic E-state index is 0.146. The molecule has 0 fully saturated rings. The maximum absolute atomic E-state index is 13.9. The normalized spacial score (nSPS) is 15.2. The first-order chi connectivity index (χ1) is 7.43. The lowest BCUT2D eigenvalue weighted by molar-refractivity contribution is 0.429. The zero-order valence-corrected chi connectivity index (χ0v) is 11.8. The molecular weight excluding hydrogens is 269 g/mol. The van der Waals surface area contributed by atoms with Crippen molar-refractivity contribution in [1.82, 2.24) is 5.32 Å². The minimum atomic E-state index is -0.146. The van der Waals surface area contributed by atoms with Crippen molar-refractivity contribution >= 4 is 15.9 Å². The van der Waals surface area contributed by atoms with Crippen molar-refractivity contribution in [1.29, 1.82) is 0 Å². The van der Waals surface area contributed by atoms with Crippen LogP contribution in [0.25, 0.3) is 0 Å². The Morgan fingerprint density at radius 3 is 2.38 bits per heavy atom. The Hall–Kier alpha value is -0.410. The van der Waals surface area contributed by atoms with Crippen LogP contribution in [0.15, 0.2) is 22.7 Å². The van der Waals surface area contributed by atoms with Crippen LogP contribution >= 0.6 is 15.9 Å². The molecule has 0 bridgehead atoms. The van der Waals surface area contributed by atoms with Crippen molar-refractivity contribution < 1.29 is 4.39 Å². The molecule has 0 radical (unpaired) electrons. The summed E-state index contributed by atoms with van der Waals surface area (Å²) in [5.74, 6) is 0.00676. The predicted molar refractivity (Wildman–Crippen MR) is 70.2 cm³/mol. The molecule has 0 saturated carbocycles. The van der Waals surface area contributed by atoms with Crippen LogP contribution in [-0.2, 0) is 0 Å². The highest BCUT2D eigenvalue weighted by molar-refractivity contribution is 9.10. The van der Waals surface area contributed by atoms with E-state index in [1.54, 1.807) is 6.07 Å². The molecule has 1 N–H and O–H groups in total. The second kappa shape index (κ2) is 5.78. The molecule has 1 aromatic carbocycles. The lowest BCUT2D eigenvalue weighted by Gasteiger charge is -2.24. The molecule has 0 heterocycles. The van der Waals surface area contributed by atoms with Crippen molar-refractivity contribution in [2.45, 2.75) is 45.7 Å². The van der Waals surface area contributed by atoms with E-state index in [-0.39, 0.29) is 17.8 Å². The number of benzene rings is 1. The average molecular weight is 288 g/mol. The molecule has 3 heteroatoms. The molecule has 1 nitrogen and oxygen atoms in total. The molecule has 1 aromatic rings. The van der Waals surface area contributed by atoms with E-state index in [0.717, 1.165) is 5.56 Å². The van der Waals surface area contributed by atoms with Gasteiger partial charge in [0.15, 0.2) is 0 Å². The first-order valence-electron chi connectivity index (χ1n) is 5.63. The van der Waals surface area contributed by atoms with Crippen LogP contribution in [0, 0.1) is 5.82 Å². The maximum atomic E-state index is 13.9. The molecule has 0 aliphatic rings. The van der Waals surface area contributed by atoms with Gasteiger partial charge in [-0.15, -0.1) is 0 Å². The summed E-state index contributed by atoms with van der Waals surface area (Å²) in [5.41, 5.74) is 0.759. The Morgan fingerprint density at radius 2 is 1.81 bits per heavy atom. The molecule has 1 rings (SSSR count). The van der Waals surface area contributed by atoms with Gasteiger partial charge in [-0.3, -0.25) is 0 Å². The van der Waals surface area contributed by atoms with Crippen LogP contribution in [0.4, 0.5) is 4.39 Å². The van der Waals surface area contributed by atoms with Gasteiger partial charge in [0.25, 0.3) is 0 Å². The van der Waals surface area contributed by atoms with Crippen molar-refractivity contribution in [3.8, 4) is 0 Å². The summed E-state index contributed by atoms with van der Waals surface area (Å²) >= 11 is 3.22. The number of hydrogen-bond donors (Lipinski definition) is 1. The fourth-order valence-electron chi connectivity index (χ4n) is 1.81. The van der Waals surface area contributed by atoms with Crippen molar-refractivity contribution in [2.75, 3.05) is 0 Å². The van der Waals surface area contributed by atoms with Crippen molar-refractivity contribution in [2.24, 2.45) is 0 Å². The topological polar surface area (TPSA) is 12.0 Å². The average Bonchev–Trinajstić information content (AvgIpc) is 2.20. The summed E-state index contributed by atoms with van der Waals surface area (Å²) < 4.78 is 14.4. The Labute approximate surface area is 106 Å². The van der Waals surface area contributed by atoms with Gasteiger partial charge in [0.1, 0.15) is 5.82 Å². The Kier molecular flexibility index (Phi) is 4.93. The van der Waals surface area contributed by atoms with Gasteiger partial charge < -0.3 is 5.32 Å². The van der Waals surface area contributed by atoms with Gasteiger partial charge in [-0.25, -0.2) is 4.39 Å². The third kappa shape index (κ3) is 3.29. The summed E-state index contributed by atoms with van der Waals surface area (Å²) in [5, 5.41) is 3.41. The third-order valence-corrected chi connectivity index (χ3v) is 3.43. The molecule has 2 atom stereocenters. The van der Waals surface area contributed by atoms with Gasteiger partial charge in [-0.2, -0.15) is 0 Å². The SMILES string of the molecule is CC(C)NC(C)C(C)c1cccc(Br)c1F. The molecule has 0 aliphatic carbocycles. The highest BCUT2D eigenvalue weighted by Crippen LogP contribution is 2.27. The van der Waals surface area contributed by atoms with Gasteiger partial charge in [-0.1, -0.05) is 32.9 Å².